The number of hydrogen-bond acceptors (Lipinski definition) is 5. The highest BCUT2D eigenvalue weighted by Crippen LogP contribution is 2.23. The largest absolute Gasteiger partial charge is 0.420 e. The van der Waals surface area contributed by atoms with Gasteiger partial charge in [-0.25, -0.2) is 14.3 Å². The van der Waals surface area contributed by atoms with Crippen molar-refractivity contribution < 1.29 is 23.2 Å². The first-order chi connectivity index (χ1) is 11.6. The van der Waals surface area contributed by atoms with Gasteiger partial charge in [0.1, 0.15) is 11.6 Å². The van der Waals surface area contributed by atoms with Crippen LogP contribution >= 0.6 is 0 Å². The summed E-state index contributed by atoms with van der Waals surface area (Å²) >= 11 is 0. The molecule has 122 valence electrons. The molecule has 3 aromatic rings. The Hall–Kier alpha value is -3.13. The molecule has 0 aliphatic heterocycles. The van der Waals surface area contributed by atoms with Crippen molar-refractivity contribution in [2.75, 3.05) is 0 Å². The first-order valence-corrected chi connectivity index (χ1v) is 6.88. The van der Waals surface area contributed by atoms with Gasteiger partial charge in [0.2, 0.25) is 5.89 Å². The molecule has 2 N–H and O–H groups in total. The highest BCUT2D eigenvalue weighted by molar-refractivity contribution is 5.93. The molecule has 0 bridgehead atoms. The highest BCUT2D eigenvalue weighted by Gasteiger charge is 2.14. The molecule has 0 atom stereocenters. The summed E-state index contributed by atoms with van der Waals surface area (Å²) in [6.45, 7) is 0. The second-order valence-corrected chi connectivity index (χ2v) is 4.94. The van der Waals surface area contributed by atoms with Crippen LogP contribution in [0.2, 0.25) is 0 Å². The normalized spacial score (nSPS) is 10.6. The van der Waals surface area contributed by atoms with Crippen molar-refractivity contribution in [1.82, 2.24) is 15.7 Å². The Labute approximate surface area is 134 Å². The van der Waals surface area contributed by atoms with Gasteiger partial charge in [-0.2, -0.15) is 0 Å². The maximum absolute atomic E-state index is 13.7. The zero-order chi connectivity index (χ0) is 17.1. The molecule has 0 radical (unpaired) electrons. The fraction of sp³-hybridized carbons (Fsp3) is 0.0625. The third-order valence-corrected chi connectivity index (χ3v) is 3.30. The molecule has 0 fully saturated rings. The summed E-state index contributed by atoms with van der Waals surface area (Å²) in [7, 11) is 0. The van der Waals surface area contributed by atoms with Gasteiger partial charge in [0.05, 0.1) is 12.0 Å². The van der Waals surface area contributed by atoms with Crippen molar-refractivity contribution in [3.8, 4) is 11.5 Å². The topological polar surface area (TPSA) is 88.2 Å². The predicted octanol–water partition coefficient (Wildman–Crippen LogP) is 2.72. The number of rotatable bonds is 4. The van der Waals surface area contributed by atoms with Crippen LogP contribution in [0.15, 0.2) is 46.9 Å². The van der Waals surface area contributed by atoms with E-state index in [0.29, 0.717) is 5.56 Å². The molecular weight excluding hydrogens is 320 g/mol. The highest BCUT2D eigenvalue weighted by atomic mass is 19.1. The van der Waals surface area contributed by atoms with Crippen molar-refractivity contribution in [2.45, 2.75) is 6.42 Å². The zero-order valence-electron chi connectivity index (χ0n) is 12.2. The third kappa shape index (κ3) is 3.28. The van der Waals surface area contributed by atoms with Crippen LogP contribution in [0.3, 0.4) is 0 Å². The average molecular weight is 331 g/mol. The minimum absolute atomic E-state index is 0.0186. The summed E-state index contributed by atoms with van der Waals surface area (Å²) in [5.41, 5.74) is 2.63. The molecule has 0 aliphatic rings. The van der Waals surface area contributed by atoms with E-state index in [-0.39, 0.29) is 23.8 Å². The van der Waals surface area contributed by atoms with Crippen molar-refractivity contribution in [1.29, 1.82) is 0 Å². The average Bonchev–Trinajstić information content (AvgIpc) is 3.03. The lowest BCUT2D eigenvalue weighted by atomic mass is 10.1. The van der Waals surface area contributed by atoms with Gasteiger partial charge in [0, 0.05) is 11.6 Å². The molecule has 8 heteroatoms. The monoisotopic (exact) mass is 331 g/mol. The molecule has 3 rings (SSSR count). The number of amides is 1. The van der Waals surface area contributed by atoms with Gasteiger partial charge in [-0.05, 0) is 29.8 Å². The maximum Gasteiger partial charge on any atom is 0.274 e. The number of carbonyl (C=O) groups excluding carboxylic acids is 1. The summed E-state index contributed by atoms with van der Waals surface area (Å²) in [6.07, 6.45) is 0.275. The van der Waals surface area contributed by atoms with E-state index in [1.54, 1.807) is 12.1 Å². The zero-order valence-corrected chi connectivity index (χ0v) is 12.2. The summed E-state index contributed by atoms with van der Waals surface area (Å²) in [6, 6.07) is 9.44. The number of nitrogens with zero attached hydrogens (tertiary/aromatic N) is 2. The van der Waals surface area contributed by atoms with E-state index in [0.717, 1.165) is 17.7 Å². The van der Waals surface area contributed by atoms with Crippen molar-refractivity contribution in [3.63, 3.8) is 0 Å². The SMILES string of the molecule is O=C(NO)c1ccc(Cc2nnc(-c3ccc(F)cc3F)o2)cc1. The molecule has 0 spiro atoms. The molecule has 0 saturated heterocycles. The van der Waals surface area contributed by atoms with Crippen molar-refractivity contribution >= 4 is 5.91 Å². The summed E-state index contributed by atoms with van der Waals surface area (Å²) in [5, 5.41) is 16.1. The Morgan fingerprint density at radius 3 is 2.54 bits per heavy atom. The lowest BCUT2D eigenvalue weighted by Crippen LogP contribution is -2.18. The number of carbonyl (C=O) groups is 1. The van der Waals surface area contributed by atoms with Gasteiger partial charge in [-0.15, -0.1) is 10.2 Å². The molecule has 2 aromatic carbocycles. The Morgan fingerprint density at radius 2 is 1.88 bits per heavy atom. The van der Waals surface area contributed by atoms with Gasteiger partial charge in [-0.1, -0.05) is 12.1 Å². The molecule has 1 aromatic heterocycles. The Morgan fingerprint density at radius 1 is 1.12 bits per heavy atom. The first kappa shape index (κ1) is 15.8. The smallest absolute Gasteiger partial charge is 0.274 e. The van der Waals surface area contributed by atoms with E-state index in [2.05, 4.69) is 10.2 Å². The molecule has 0 saturated carbocycles. The minimum atomic E-state index is -0.787. The van der Waals surface area contributed by atoms with Crippen molar-refractivity contribution in [2.24, 2.45) is 0 Å². The van der Waals surface area contributed by atoms with Crippen LogP contribution < -0.4 is 5.48 Å². The predicted molar refractivity (Wildman–Crippen MR) is 78.2 cm³/mol. The molecule has 0 aliphatic carbocycles. The molecule has 1 amide bonds. The number of halogens is 2. The van der Waals surface area contributed by atoms with E-state index in [4.69, 9.17) is 9.62 Å². The van der Waals surface area contributed by atoms with Crippen molar-refractivity contribution in [3.05, 3.63) is 71.1 Å². The lowest BCUT2D eigenvalue weighted by molar-refractivity contribution is 0.0706. The van der Waals surface area contributed by atoms with Gasteiger partial charge in [0.25, 0.3) is 11.8 Å². The van der Waals surface area contributed by atoms with Crippen LogP contribution in [-0.4, -0.2) is 21.3 Å². The lowest BCUT2D eigenvalue weighted by Gasteiger charge is -2.01. The molecule has 0 unspecified atom stereocenters. The number of hydrogen-bond donors (Lipinski definition) is 2. The van der Waals surface area contributed by atoms with Gasteiger partial charge < -0.3 is 4.42 Å². The van der Waals surface area contributed by atoms with Gasteiger partial charge in [-0.3, -0.25) is 10.0 Å². The quantitative estimate of drug-likeness (QED) is 0.567. The van der Waals surface area contributed by atoms with Crippen LogP contribution in [0, 0.1) is 11.6 Å². The van der Waals surface area contributed by atoms with Crippen LogP contribution in [-0.2, 0) is 6.42 Å². The van der Waals surface area contributed by atoms with E-state index in [1.807, 2.05) is 0 Å². The number of hydroxylamine groups is 1. The van der Waals surface area contributed by atoms with Gasteiger partial charge in [0.15, 0.2) is 0 Å². The molecule has 24 heavy (non-hydrogen) atoms. The maximum atomic E-state index is 13.7. The van der Waals surface area contributed by atoms with E-state index in [9.17, 15) is 13.6 Å². The van der Waals surface area contributed by atoms with E-state index >= 15 is 0 Å². The molecule has 1 heterocycles. The summed E-state index contributed by atoms with van der Waals surface area (Å²) < 4.78 is 32.0. The Bertz CT molecular complexity index is 879. The first-order valence-electron chi connectivity index (χ1n) is 6.88. The number of nitrogens with one attached hydrogen (secondary N) is 1. The summed E-state index contributed by atoms with van der Waals surface area (Å²) in [5.74, 6) is -1.90. The van der Waals surface area contributed by atoms with Crippen LogP contribution in [0.1, 0.15) is 21.8 Å². The number of benzene rings is 2. The van der Waals surface area contributed by atoms with Crippen LogP contribution in [0.25, 0.3) is 11.5 Å². The van der Waals surface area contributed by atoms with E-state index < -0.39 is 17.5 Å². The molecular formula is C16H11F2N3O3. The van der Waals surface area contributed by atoms with Crippen LogP contribution in [0.4, 0.5) is 8.78 Å². The fourth-order valence-electron chi connectivity index (χ4n) is 2.11. The standard InChI is InChI=1S/C16H11F2N3O3/c17-11-5-6-12(13(18)8-11)16-20-19-14(24-16)7-9-1-3-10(4-2-9)15(22)21-23/h1-6,8,23H,7H2,(H,21,22). The van der Waals surface area contributed by atoms with Gasteiger partial charge >= 0.3 is 0 Å². The Kier molecular flexibility index (Phi) is 4.30. The second kappa shape index (κ2) is 6.55. The Balaban J connectivity index is 1.77. The minimum Gasteiger partial charge on any atom is -0.420 e. The third-order valence-electron chi connectivity index (χ3n) is 3.30. The summed E-state index contributed by atoms with van der Waals surface area (Å²) in [4.78, 5) is 11.2. The van der Waals surface area contributed by atoms with E-state index in [1.165, 1.54) is 23.7 Å². The fourth-order valence-corrected chi connectivity index (χ4v) is 2.11. The second-order valence-electron chi connectivity index (χ2n) is 4.94. The molecule has 6 nitrogen and oxygen atoms in total. The number of aromatic nitrogens is 2. The van der Waals surface area contributed by atoms with Crippen LogP contribution in [0.5, 0.6) is 0 Å².